The summed E-state index contributed by atoms with van der Waals surface area (Å²) >= 11 is 0. The SMILES string of the molecule is CCCn1nncc1-c1cc(C(F)(F)F)nc(N)n1. The second kappa shape index (κ2) is 4.82. The lowest BCUT2D eigenvalue weighted by atomic mass is 10.2. The van der Waals surface area contributed by atoms with Crippen LogP contribution in [-0.4, -0.2) is 25.0 Å². The Kier molecular flexibility index (Phi) is 3.36. The zero-order valence-electron chi connectivity index (χ0n) is 10.0. The van der Waals surface area contributed by atoms with Crippen LogP contribution in [0.15, 0.2) is 12.3 Å². The second-order valence-corrected chi connectivity index (χ2v) is 3.84. The van der Waals surface area contributed by atoms with E-state index in [-0.39, 0.29) is 5.69 Å². The number of anilines is 1. The Hall–Kier alpha value is -2.19. The van der Waals surface area contributed by atoms with E-state index in [0.29, 0.717) is 12.2 Å². The summed E-state index contributed by atoms with van der Waals surface area (Å²) in [6.07, 6.45) is -2.46. The summed E-state index contributed by atoms with van der Waals surface area (Å²) in [4.78, 5) is 6.98. The van der Waals surface area contributed by atoms with Crippen molar-refractivity contribution in [1.29, 1.82) is 0 Å². The summed E-state index contributed by atoms with van der Waals surface area (Å²) in [5, 5.41) is 7.46. The van der Waals surface area contributed by atoms with Gasteiger partial charge in [-0.2, -0.15) is 13.2 Å². The van der Waals surface area contributed by atoms with Crippen molar-refractivity contribution in [2.75, 3.05) is 5.73 Å². The van der Waals surface area contributed by atoms with Gasteiger partial charge in [0.05, 0.1) is 11.9 Å². The molecule has 0 aliphatic heterocycles. The number of nitrogens with two attached hydrogens (primary N) is 1. The van der Waals surface area contributed by atoms with E-state index in [9.17, 15) is 13.2 Å². The van der Waals surface area contributed by atoms with Crippen molar-refractivity contribution in [1.82, 2.24) is 25.0 Å². The summed E-state index contributed by atoms with van der Waals surface area (Å²) in [5.74, 6) is -0.436. The smallest absolute Gasteiger partial charge is 0.368 e. The molecule has 0 atom stereocenters. The lowest BCUT2D eigenvalue weighted by Gasteiger charge is -2.09. The average Bonchev–Trinajstić information content (AvgIpc) is 2.76. The molecule has 0 amide bonds. The number of rotatable bonds is 3. The minimum Gasteiger partial charge on any atom is -0.368 e. The quantitative estimate of drug-likeness (QED) is 0.920. The molecule has 19 heavy (non-hydrogen) atoms. The van der Waals surface area contributed by atoms with Gasteiger partial charge in [-0.15, -0.1) is 5.10 Å². The van der Waals surface area contributed by atoms with E-state index in [1.165, 1.54) is 10.9 Å². The van der Waals surface area contributed by atoms with Crippen molar-refractivity contribution in [3.63, 3.8) is 0 Å². The molecule has 2 rings (SSSR count). The van der Waals surface area contributed by atoms with Gasteiger partial charge in [-0.3, -0.25) is 0 Å². The lowest BCUT2D eigenvalue weighted by molar-refractivity contribution is -0.141. The zero-order chi connectivity index (χ0) is 14.0. The minimum atomic E-state index is -4.57. The second-order valence-electron chi connectivity index (χ2n) is 3.84. The predicted molar refractivity (Wildman–Crippen MR) is 60.8 cm³/mol. The number of aryl methyl sites for hydroxylation is 1. The van der Waals surface area contributed by atoms with Gasteiger partial charge in [0.15, 0.2) is 5.69 Å². The van der Waals surface area contributed by atoms with Crippen LogP contribution >= 0.6 is 0 Å². The molecule has 0 radical (unpaired) electrons. The van der Waals surface area contributed by atoms with Crippen molar-refractivity contribution < 1.29 is 13.2 Å². The molecule has 0 bridgehead atoms. The molecule has 6 nitrogen and oxygen atoms in total. The molecule has 2 aromatic heterocycles. The number of nitrogen functional groups attached to an aromatic ring is 1. The average molecular weight is 272 g/mol. The Morgan fingerprint density at radius 2 is 2.05 bits per heavy atom. The van der Waals surface area contributed by atoms with Gasteiger partial charge in [-0.05, 0) is 12.5 Å². The lowest BCUT2D eigenvalue weighted by Crippen LogP contribution is -2.12. The molecule has 9 heteroatoms. The number of alkyl halides is 3. The van der Waals surface area contributed by atoms with Crippen molar-refractivity contribution in [3.05, 3.63) is 18.0 Å². The summed E-state index contributed by atoms with van der Waals surface area (Å²) in [6.45, 7) is 2.45. The summed E-state index contributed by atoms with van der Waals surface area (Å²) in [6, 6.07) is 0.835. The predicted octanol–water partition coefficient (Wildman–Crippen LogP) is 1.75. The third-order valence-corrected chi connectivity index (χ3v) is 2.35. The van der Waals surface area contributed by atoms with Crippen LogP contribution in [0, 0.1) is 0 Å². The third-order valence-electron chi connectivity index (χ3n) is 2.35. The summed E-state index contributed by atoms with van der Waals surface area (Å²) in [5.41, 5.74) is 4.66. The monoisotopic (exact) mass is 272 g/mol. The van der Waals surface area contributed by atoms with E-state index in [1.807, 2.05) is 6.92 Å². The van der Waals surface area contributed by atoms with Gasteiger partial charge in [0.25, 0.3) is 0 Å². The molecule has 102 valence electrons. The minimum absolute atomic E-state index is 0.0540. The van der Waals surface area contributed by atoms with Gasteiger partial charge in [-0.25, -0.2) is 14.6 Å². The molecule has 0 aliphatic carbocycles. The van der Waals surface area contributed by atoms with E-state index < -0.39 is 17.8 Å². The molecular formula is C10H11F3N6. The fourth-order valence-corrected chi connectivity index (χ4v) is 1.58. The molecule has 0 saturated heterocycles. The molecule has 0 fully saturated rings. The van der Waals surface area contributed by atoms with Crippen LogP contribution in [0.2, 0.25) is 0 Å². The van der Waals surface area contributed by atoms with Gasteiger partial charge < -0.3 is 5.73 Å². The maximum absolute atomic E-state index is 12.7. The normalized spacial score (nSPS) is 11.8. The van der Waals surface area contributed by atoms with Gasteiger partial charge in [-0.1, -0.05) is 12.1 Å². The fourth-order valence-electron chi connectivity index (χ4n) is 1.58. The Balaban J connectivity index is 2.50. The highest BCUT2D eigenvalue weighted by Crippen LogP contribution is 2.30. The summed E-state index contributed by atoms with van der Waals surface area (Å²) in [7, 11) is 0. The van der Waals surface area contributed by atoms with E-state index >= 15 is 0 Å². The molecular weight excluding hydrogens is 261 g/mol. The Labute approximate surface area is 106 Å². The zero-order valence-corrected chi connectivity index (χ0v) is 10.0. The van der Waals surface area contributed by atoms with Crippen LogP contribution in [0.4, 0.5) is 19.1 Å². The molecule has 2 heterocycles. The van der Waals surface area contributed by atoms with Crippen molar-refractivity contribution in [3.8, 4) is 11.4 Å². The highest BCUT2D eigenvalue weighted by atomic mass is 19.4. The van der Waals surface area contributed by atoms with Crippen LogP contribution in [-0.2, 0) is 12.7 Å². The maximum atomic E-state index is 12.7. The Morgan fingerprint density at radius 1 is 1.32 bits per heavy atom. The Bertz CT molecular complexity index is 577. The molecule has 0 spiro atoms. The van der Waals surface area contributed by atoms with E-state index in [0.717, 1.165) is 12.5 Å². The third kappa shape index (κ3) is 2.80. The highest BCUT2D eigenvalue weighted by molar-refractivity contribution is 5.55. The van der Waals surface area contributed by atoms with Gasteiger partial charge in [0.2, 0.25) is 5.95 Å². The van der Waals surface area contributed by atoms with Crippen LogP contribution < -0.4 is 5.73 Å². The van der Waals surface area contributed by atoms with Gasteiger partial charge in [0.1, 0.15) is 5.69 Å². The topological polar surface area (TPSA) is 82.5 Å². The first-order valence-corrected chi connectivity index (χ1v) is 5.52. The number of hydrogen-bond acceptors (Lipinski definition) is 5. The fraction of sp³-hybridized carbons (Fsp3) is 0.400. The van der Waals surface area contributed by atoms with Crippen LogP contribution in [0.3, 0.4) is 0 Å². The number of nitrogens with zero attached hydrogens (tertiary/aromatic N) is 5. The summed E-state index contributed by atoms with van der Waals surface area (Å²) < 4.78 is 39.4. The Morgan fingerprint density at radius 3 is 2.68 bits per heavy atom. The van der Waals surface area contributed by atoms with Crippen molar-refractivity contribution in [2.24, 2.45) is 0 Å². The molecule has 0 unspecified atom stereocenters. The van der Waals surface area contributed by atoms with E-state index in [2.05, 4.69) is 20.3 Å². The first-order valence-electron chi connectivity index (χ1n) is 5.52. The van der Waals surface area contributed by atoms with E-state index in [4.69, 9.17) is 5.73 Å². The molecule has 0 saturated carbocycles. The van der Waals surface area contributed by atoms with Crippen molar-refractivity contribution in [2.45, 2.75) is 26.1 Å². The first kappa shape index (κ1) is 13.2. The van der Waals surface area contributed by atoms with Crippen LogP contribution in [0.5, 0.6) is 0 Å². The van der Waals surface area contributed by atoms with Gasteiger partial charge in [0, 0.05) is 6.54 Å². The molecule has 0 aliphatic rings. The number of aromatic nitrogens is 5. The molecule has 2 N–H and O–H groups in total. The van der Waals surface area contributed by atoms with Crippen LogP contribution in [0.25, 0.3) is 11.4 Å². The first-order chi connectivity index (χ1) is 8.91. The van der Waals surface area contributed by atoms with Crippen LogP contribution in [0.1, 0.15) is 19.0 Å². The maximum Gasteiger partial charge on any atom is 0.433 e. The van der Waals surface area contributed by atoms with Gasteiger partial charge >= 0.3 is 6.18 Å². The molecule has 0 aromatic carbocycles. The highest BCUT2D eigenvalue weighted by Gasteiger charge is 2.33. The largest absolute Gasteiger partial charge is 0.433 e. The number of halogens is 3. The molecule has 2 aromatic rings. The van der Waals surface area contributed by atoms with E-state index in [1.54, 1.807) is 0 Å². The number of hydrogen-bond donors (Lipinski definition) is 1. The van der Waals surface area contributed by atoms with Crippen molar-refractivity contribution >= 4 is 5.95 Å². The standard InChI is InChI=1S/C10H11F3N6/c1-2-3-19-7(5-15-18-19)6-4-8(10(11,12)13)17-9(14)16-6/h4-5H,2-3H2,1H3,(H2,14,16,17).